The van der Waals surface area contributed by atoms with E-state index in [1.165, 1.54) is 35.1 Å². The molecule has 0 nitrogen and oxygen atoms in total. The van der Waals surface area contributed by atoms with Crippen molar-refractivity contribution < 1.29 is 0 Å². The summed E-state index contributed by atoms with van der Waals surface area (Å²) in [5.41, 5.74) is 5.67. The zero-order valence-electron chi connectivity index (χ0n) is 15.9. The fourth-order valence-corrected chi connectivity index (χ4v) is 4.53. The molecule has 0 aromatic heterocycles. The van der Waals surface area contributed by atoms with Crippen LogP contribution in [0.25, 0.3) is 0 Å². The molecule has 1 aliphatic carbocycles. The SMILES string of the molecule is C=C(C)C1CC(C(C)(C)c2ccc(C)cc2)CC(C(=C)C)C1C. The third-order valence-electron chi connectivity index (χ3n) is 6.43. The lowest BCUT2D eigenvalue weighted by atomic mass is 9.57. The number of hydrogen-bond acceptors (Lipinski definition) is 0. The third-order valence-corrected chi connectivity index (χ3v) is 6.43. The standard InChI is InChI=1S/C23H34/c1-15(2)21-13-20(14-22(16(3)4)18(21)6)23(7,8)19-11-9-17(5)10-12-19/h9-12,18,20-22H,1,3,13-14H2,2,4-8H3. The van der Waals surface area contributed by atoms with E-state index in [2.05, 4.69) is 79.0 Å². The summed E-state index contributed by atoms with van der Waals surface area (Å²) in [4.78, 5) is 0. The molecule has 0 amide bonds. The highest BCUT2D eigenvalue weighted by atomic mass is 14.5. The fourth-order valence-electron chi connectivity index (χ4n) is 4.53. The molecule has 126 valence electrons. The predicted molar refractivity (Wildman–Crippen MR) is 103 cm³/mol. The van der Waals surface area contributed by atoms with E-state index >= 15 is 0 Å². The van der Waals surface area contributed by atoms with Gasteiger partial charge in [-0.3, -0.25) is 0 Å². The molecule has 1 aromatic carbocycles. The van der Waals surface area contributed by atoms with Crippen molar-refractivity contribution in [3.05, 3.63) is 59.7 Å². The minimum Gasteiger partial charge on any atom is -0.0999 e. The van der Waals surface area contributed by atoms with E-state index in [9.17, 15) is 0 Å². The first kappa shape index (κ1) is 18.0. The molecule has 1 aromatic rings. The summed E-state index contributed by atoms with van der Waals surface area (Å²) in [7, 11) is 0. The average molecular weight is 311 g/mol. The van der Waals surface area contributed by atoms with E-state index in [1.54, 1.807) is 0 Å². The molecule has 0 radical (unpaired) electrons. The van der Waals surface area contributed by atoms with Crippen molar-refractivity contribution in [1.82, 2.24) is 0 Å². The summed E-state index contributed by atoms with van der Waals surface area (Å²) in [5.74, 6) is 2.56. The molecule has 2 atom stereocenters. The van der Waals surface area contributed by atoms with Gasteiger partial charge in [-0.05, 0) is 68.3 Å². The molecule has 1 saturated carbocycles. The van der Waals surface area contributed by atoms with Crippen molar-refractivity contribution in [2.45, 2.75) is 59.8 Å². The van der Waals surface area contributed by atoms with Crippen LogP contribution >= 0.6 is 0 Å². The molecular weight excluding hydrogens is 276 g/mol. The lowest BCUT2D eigenvalue weighted by Gasteiger charge is -2.47. The molecule has 0 N–H and O–H groups in total. The van der Waals surface area contributed by atoms with Gasteiger partial charge in [-0.15, -0.1) is 0 Å². The Morgan fingerprint density at radius 2 is 1.39 bits per heavy atom. The second-order valence-corrected chi connectivity index (χ2v) is 8.52. The number of allylic oxidation sites excluding steroid dienone is 2. The van der Waals surface area contributed by atoms with E-state index in [0.717, 1.165) is 0 Å². The second kappa shape index (κ2) is 6.67. The highest BCUT2D eigenvalue weighted by molar-refractivity contribution is 5.29. The van der Waals surface area contributed by atoms with Crippen LogP contribution in [0, 0.1) is 30.6 Å². The molecule has 0 bridgehead atoms. The molecule has 1 fully saturated rings. The van der Waals surface area contributed by atoms with Gasteiger partial charge in [0.2, 0.25) is 0 Å². The van der Waals surface area contributed by atoms with Crippen LogP contribution in [0.2, 0.25) is 0 Å². The van der Waals surface area contributed by atoms with Gasteiger partial charge >= 0.3 is 0 Å². The largest absolute Gasteiger partial charge is 0.0999 e. The van der Waals surface area contributed by atoms with Gasteiger partial charge in [0.15, 0.2) is 0 Å². The van der Waals surface area contributed by atoms with Crippen molar-refractivity contribution in [3.63, 3.8) is 0 Å². The molecule has 0 heterocycles. The summed E-state index contributed by atoms with van der Waals surface area (Å²) in [6.07, 6.45) is 2.50. The van der Waals surface area contributed by atoms with Crippen LogP contribution in [-0.4, -0.2) is 0 Å². The molecule has 0 spiro atoms. The normalized spacial score (nSPS) is 28.4. The Labute approximate surface area is 143 Å². The first-order valence-corrected chi connectivity index (χ1v) is 9.02. The van der Waals surface area contributed by atoms with Crippen LogP contribution in [0.3, 0.4) is 0 Å². The number of hydrogen-bond donors (Lipinski definition) is 0. The van der Waals surface area contributed by atoms with Gasteiger partial charge in [0.25, 0.3) is 0 Å². The summed E-state index contributed by atoms with van der Waals surface area (Å²) in [5, 5.41) is 0. The molecule has 23 heavy (non-hydrogen) atoms. The van der Waals surface area contributed by atoms with Crippen molar-refractivity contribution >= 4 is 0 Å². The van der Waals surface area contributed by atoms with E-state index in [0.29, 0.717) is 23.7 Å². The topological polar surface area (TPSA) is 0 Å². The van der Waals surface area contributed by atoms with Gasteiger partial charge in [-0.2, -0.15) is 0 Å². The van der Waals surface area contributed by atoms with Gasteiger partial charge in [-0.25, -0.2) is 0 Å². The van der Waals surface area contributed by atoms with E-state index < -0.39 is 0 Å². The van der Waals surface area contributed by atoms with Gasteiger partial charge in [-0.1, -0.05) is 74.9 Å². The van der Waals surface area contributed by atoms with Crippen LogP contribution < -0.4 is 0 Å². The Morgan fingerprint density at radius 1 is 0.957 bits per heavy atom. The minimum absolute atomic E-state index is 0.190. The van der Waals surface area contributed by atoms with Crippen molar-refractivity contribution in [1.29, 1.82) is 0 Å². The Hall–Kier alpha value is -1.30. The Morgan fingerprint density at radius 3 is 1.78 bits per heavy atom. The zero-order valence-corrected chi connectivity index (χ0v) is 15.9. The summed E-state index contributed by atoms with van der Waals surface area (Å²) in [6.45, 7) is 22.4. The molecule has 0 saturated heterocycles. The molecular formula is C23H34. The van der Waals surface area contributed by atoms with Crippen LogP contribution in [-0.2, 0) is 5.41 Å². The predicted octanol–water partition coefficient (Wildman–Crippen LogP) is 6.70. The molecule has 2 unspecified atom stereocenters. The van der Waals surface area contributed by atoms with Crippen molar-refractivity contribution in [2.24, 2.45) is 23.7 Å². The Bertz CT molecular complexity index is 549. The van der Waals surface area contributed by atoms with E-state index in [4.69, 9.17) is 0 Å². The maximum Gasteiger partial charge on any atom is -0.00749 e. The highest BCUT2D eigenvalue weighted by Gasteiger charge is 2.42. The Kier molecular flexibility index (Phi) is 5.23. The summed E-state index contributed by atoms with van der Waals surface area (Å²) >= 11 is 0. The molecule has 2 rings (SSSR count). The van der Waals surface area contributed by atoms with E-state index in [-0.39, 0.29) is 5.41 Å². The van der Waals surface area contributed by atoms with Gasteiger partial charge in [0.1, 0.15) is 0 Å². The monoisotopic (exact) mass is 310 g/mol. The van der Waals surface area contributed by atoms with Crippen LogP contribution in [0.4, 0.5) is 0 Å². The fraction of sp³-hybridized carbons (Fsp3) is 0.565. The lowest BCUT2D eigenvalue weighted by molar-refractivity contribution is 0.115. The summed E-state index contributed by atoms with van der Waals surface area (Å²) < 4.78 is 0. The van der Waals surface area contributed by atoms with Crippen LogP contribution in [0.15, 0.2) is 48.6 Å². The maximum atomic E-state index is 4.29. The number of benzene rings is 1. The van der Waals surface area contributed by atoms with Crippen LogP contribution in [0.1, 0.15) is 58.6 Å². The first-order valence-electron chi connectivity index (χ1n) is 9.02. The average Bonchev–Trinajstić information content (AvgIpc) is 2.47. The van der Waals surface area contributed by atoms with E-state index in [1.807, 2.05) is 0 Å². The van der Waals surface area contributed by atoms with Gasteiger partial charge in [0.05, 0.1) is 0 Å². The molecule has 0 heteroatoms. The quantitative estimate of drug-likeness (QED) is 0.542. The van der Waals surface area contributed by atoms with Crippen molar-refractivity contribution in [2.75, 3.05) is 0 Å². The zero-order chi connectivity index (χ0) is 17.4. The van der Waals surface area contributed by atoms with Crippen LogP contribution in [0.5, 0.6) is 0 Å². The number of rotatable bonds is 4. The third kappa shape index (κ3) is 3.62. The minimum atomic E-state index is 0.190. The molecule has 0 aliphatic heterocycles. The van der Waals surface area contributed by atoms with Gasteiger partial charge < -0.3 is 0 Å². The maximum absolute atomic E-state index is 4.29. The first-order chi connectivity index (χ1) is 10.6. The summed E-state index contributed by atoms with van der Waals surface area (Å²) in [6, 6.07) is 9.13. The molecule has 1 aliphatic rings. The second-order valence-electron chi connectivity index (χ2n) is 8.52. The van der Waals surface area contributed by atoms with Crippen molar-refractivity contribution in [3.8, 4) is 0 Å². The lowest BCUT2D eigenvalue weighted by Crippen LogP contribution is -2.40. The Balaban J connectivity index is 2.34. The number of aryl methyl sites for hydroxylation is 1. The smallest absolute Gasteiger partial charge is 0.00749 e. The highest BCUT2D eigenvalue weighted by Crippen LogP contribution is 2.50. The van der Waals surface area contributed by atoms with Gasteiger partial charge in [0, 0.05) is 0 Å².